The lowest BCUT2D eigenvalue weighted by Crippen LogP contribution is -2.47. The summed E-state index contributed by atoms with van der Waals surface area (Å²) in [6.45, 7) is 6.76. The molecule has 0 bridgehead atoms. The van der Waals surface area contributed by atoms with Gasteiger partial charge in [-0.1, -0.05) is 57.0 Å². The van der Waals surface area contributed by atoms with Gasteiger partial charge in [0.2, 0.25) is 11.8 Å². The van der Waals surface area contributed by atoms with E-state index in [4.69, 9.17) is 9.47 Å². The van der Waals surface area contributed by atoms with Gasteiger partial charge in [-0.15, -0.1) is 0 Å². The first-order chi connectivity index (χ1) is 16.4. The van der Waals surface area contributed by atoms with E-state index < -0.39 is 18.2 Å². The third kappa shape index (κ3) is 7.79. The number of aliphatic hydroxyl groups excluding tert-OH is 1. The third-order valence-corrected chi connectivity index (χ3v) is 7.13. The van der Waals surface area contributed by atoms with Crippen LogP contribution in [0.15, 0.2) is 30.3 Å². The summed E-state index contributed by atoms with van der Waals surface area (Å²) in [5.74, 6) is 0.234. The van der Waals surface area contributed by atoms with E-state index in [0.717, 1.165) is 37.7 Å². The molecule has 1 aromatic rings. The lowest BCUT2D eigenvalue weighted by molar-refractivity contribution is -0.140. The first kappa shape index (κ1) is 28.3. The van der Waals surface area contributed by atoms with Crippen molar-refractivity contribution in [3.05, 3.63) is 35.9 Å². The van der Waals surface area contributed by atoms with Gasteiger partial charge in [0.15, 0.2) is 0 Å². The highest BCUT2D eigenvalue weighted by Crippen LogP contribution is 2.27. The summed E-state index contributed by atoms with van der Waals surface area (Å²) in [6.07, 6.45) is 4.00. The topological polar surface area (TPSA) is 88.1 Å². The van der Waals surface area contributed by atoms with Gasteiger partial charge in [0, 0.05) is 20.8 Å². The predicted molar refractivity (Wildman–Crippen MR) is 133 cm³/mol. The lowest BCUT2D eigenvalue weighted by atomic mass is 9.91. The number of amides is 2. The number of aliphatic hydroxyl groups is 1. The molecule has 2 N–H and O–H groups in total. The van der Waals surface area contributed by atoms with Crippen LogP contribution in [0.1, 0.15) is 77.4 Å². The first-order valence-corrected chi connectivity index (χ1v) is 12.7. The molecule has 1 aromatic carbocycles. The summed E-state index contributed by atoms with van der Waals surface area (Å²) in [4.78, 5) is 27.9. The number of hydrogen-bond donors (Lipinski definition) is 2. The van der Waals surface area contributed by atoms with Crippen LogP contribution in [0.3, 0.4) is 0 Å². The average molecular weight is 477 g/mol. The largest absolute Gasteiger partial charge is 0.386 e. The van der Waals surface area contributed by atoms with Crippen LogP contribution < -0.4 is 5.32 Å². The summed E-state index contributed by atoms with van der Waals surface area (Å²) in [5, 5.41) is 13.5. The van der Waals surface area contributed by atoms with E-state index in [1.54, 1.807) is 21.1 Å². The molecule has 34 heavy (non-hydrogen) atoms. The Kier molecular flexibility index (Phi) is 12.0. The van der Waals surface area contributed by atoms with Gasteiger partial charge in [-0.2, -0.15) is 0 Å². The molecule has 1 fully saturated rings. The van der Waals surface area contributed by atoms with Crippen molar-refractivity contribution in [1.82, 2.24) is 10.2 Å². The molecule has 1 heterocycles. The number of likely N-dealkylation sites (tertiary alicyclic amines) is 1. The zero-order valence-electron chi connectivity index (χ0n) is 21.5. The zero-order valence-corrected chi connectivity index (χ0v) is 21.5. The third-order valence-electron chi connectivity index (χ3n) is 7.13. The van der Waals surface area contributed by atoms with Gasteiger partial charge in [0.1, 0.15) is 0 Å². The van der Waals surface area contributed by atoms with E-state index in [-0.39, 0.29) is 30.4 Å². The van der Waals surface area contributed by atoms with Gasteiger partial charge >= 0.3 is 0 Å². The van der Waals surface area contributed by atoms with Crippen LogP contribution in [0.4, 0.5) is 0 Å². The van der Waals surface area contributed by atoms with Crippen LogP contribution in [0, 0.1) is 5.92 Å². The van der Waals surface area contributed by atoms with Gasteiger partial charge in [0.25, 0.3) is 0 Å². The van der Waals surface area contributed by atoms with E-state index in [9.17, 15) is 14.7 Å². The predicted octanol–water partition coefficient (Wildman–Crippen LogP) is 3.85. The van der Waals surface area contributed by atoms with Crippen molar-refractivity contribution in [1.29, 1.82) is 0 Å². The monoisotopic (exact) mass is 476 g/mol. The molecule has 0 aliphatic carbocycles. The van der Waals surface area contributed by atoms with Gasteiger partial charge in [-0.3, -0.25) is 9.59 Å². The summed E-state index contributed by atoms with van der Waals surface area (Å²) < 4.78 is 11.4. The smallest absolute Gasteiger partial charge is 0.225 e. The maximum absolute atomic E-state index is 13.2. The van der Waals surface area contributed by atoms with Crippen LogP contribution in [-0.4, -0.2) is 66.9 Å². The van der Waals surface area contributed by atoms with Crippen molar-refractivity contribution in [2.75, 3.05) is 20.8 Å². The highest BCUT2D eigenvalue weighted by Gasteiger charge is 2.37. The SMILES string of the molecule is CCC[C@H](CC)[C@@H](CC(=O)N1CCC[C@H]1[C@@H](CC(=O)N[C@H](C)[C@@H](O)c1ccccc1)OC)OC. The maximum atomic E-state index is 13.2. The molecule has 192 valence electrons. The van der Waals surface area contributed by atoms with E-state index in [1.165, 1.54) is 0 Å². The highest BCUT2D eigenvalue weighted by atomic mass is 16.5. The van der Waals surface area contributed by atoms with Crippen LogP contribution in [0.5, 0.6) is 0 Å². The van der Waals surface area contributed by atoms with Crippen LogP contribution in [0.2, 0.25) is 0 Å². The standard InChI is InChI=1S/C27H44N2O5/c1-6-12-20(7-2)23(33-4)18-26(31)29-16-11-15-22(29)24(34-5)17-25(30)28-19(3)27(32)21-13-9-8-10-14-21/h8-10,13-14,19-20,22-24,27,32H,6-7,11-12,15-18H2,1-5H3,(H,28,30)/t19-,20+,22+,23-,24-,27-/m1/s1. The fraction of sp³-hybridized carbons (Fsp3) is 0.704. The second-order valence-corrected chi connectivity index (χ2v) is 9.42. The molecule has 2 amide bonds. The molecular weight excluding hydrogens is 432 g/mol. The Morgan fingerprint density at radius 2 is 1.85 bits per heavy atom. The van der Waals surface area contributed by atoms with Crippen LogP contribution in [-0.2, 0) is 19.1 Å². The molecule has 7 heteroatoms. The number of methoxy groups -OCH3 is 2. The van der Waals surface area contributed by atoms with Gasteiger partial charge in [-0.25, -0.2) is 0 Å². The number of nitrogens with one attached hydrogen (secondary N) is 1. The van der Waals surface area contributed by atoms with Crippen LogP contribution in [0.25, 0.3) is 0 Å². The van der Waals surface area contributed by atoms with Gasteiger partial charge < -0.3 is 24.8 Å². The minimum Gasteiger partial charge on any atom is -0.386 e. The number of nitrogens with zero attached hydrogens (tertiary/aromatic N) is 1. The number of ether oxygens (including phenoxy) is 2. The quantitative estimate of drug-likeness (QED) is 0.426. The molecule has 1 aliphatic rings. The maximum Gasteiger partial charge on any atom is 0.225 e. The van der Waals surface area contributed by atoms with E-state index in [2.05, 4.69) is 19.2 Å². The fourth-order valence-corrected chi connectivity index (χ4v) is 5.13. The Bertz CT molecular complexity index is 744. The van der Waals surface area contributed by atoms with E-state index in [1.807, 2.05) is 35.2 Å². The molecule has 0 spiro atoms. The van der Waals surface area contributed by atoms with Crippen molar-refractivity contribution in [2.24, 2.45) is 5.92 Å². The Labute approximate surface area is 205 Å². The zero-order chi connectivity index (χ0) is 25.1. The first-order valence-electron chi connectivity index (χ1n) is 12.7. The molecule has 0 aromatic heterocycles. The molecular formula is C27H44N2O5. The number of rotatable bonds is 14. The summed E-state index contributed by atoms with van der Waals surface area (Å²) in [6, 6.07) is 8.70. The summed E-state index contributed by atoms with van der Waals surface area (Å²) in [7, 11) is 3.28. The minimum atomic E-state index is -0.795. The van der Waals surface area contributed by atoms with Crippen molar-refractivity contribution in [3.8, 4) is 0 Å². The van der Waals surface area contributed by atoms with Gasteiger partial charge in [0.05, 0.1) is 43.2 Å². The Morgan fingerprint density at radius 3 is 2.44 bits per heavy atom. The molecule has 0 radical (unpaired) electrons. The molecule has 0 saturated carbocycles. The molecule has 7 nitrogen and oxygen atoms in total. The second kappa shape index (κ2) is 14.4. The molecule has 0 unspecified atom stereocenters. The van der Waals surface area contributed by atoms with Crippen molar-refractivity contribution < 1.29 is 24.2 Å². The summed E-state index contributed by atoms with van der Waals surface area (Å²) >= 11 is 0. The van der Waals surface area contributed by atoms with Gasteiger partial charge in [-0.05, 0) is 37.7 Å². The Balaban J connectivity index is 1.97. The van der Waals surface area contributed by atoms with Crippen molar-refractivity contribution in [2.45, 2.75) is 96.1 Å². The molecule has 2 rings (SSSR count). The van der Waals surface area contributed by atoms with E-state index in [0.29, 0.717) is 18.9 Å². The average Bonchev–Trinajstić information content (AvgIpc) is 3.34. The Hall–Kier alpha value is -1.96. The van der Waals surface area contributed by atoms with Crippen molar-refractivity contribution in [3.63, 3.8) is 0 Å². The van der Waals surface area contributed by atoms with Crippen LogP contribution >= 0.6 is 0 Å². The highest BCUT2D eigenvalue weighted by molar-refractivity contribution is 5.79. The fourth-order valence-electron chi connectivity index (χ4n) is 5.13. The second-order valence-electron chi connectivity index (χ2n) is 9.42. The lowest BCUT2D eigenvalue weighted by Gasteiger charge is -2.33. The summed E-state index contributed by atoms with van der Waals surface area (Å²) in [5.41, 5.74) is 0.757. The number of carbonyl (C=O) groups excluding carboxylic acids is 2. The van der Waals surface area contributed by atoms with Crippen molar-refractivity contribution >= 4 is 11.8 Å². The number of benzene rings is 1. The number of carbonyl (C=O) groups is 2. The number of hydrogen-bond acceptors (Lipinski definition) is 5. The molecule has 1 aliphatic heterocycles. The molecule has 1 saturated heterocycles. The molecule has 6 atom stereocenters. The van der Waals surface area contributed by atoms with E-state index >= 15 is 0 Å². The minimum absolute atomic E-state index is 0.0687. The Morgan fingerprint density at radius 1 is 1.15 bits per heavy atom. The normalized spacial score (nSPS) is 20.4.